The second kappa shape index (κ2) is 7.98. The molecule has 1 N–H and O–H groups in total. The van der Waals surface area contributed by atoms with E-state index in [0.717, 1.165) is 12.0 Å². The smallest absolute Gasteiger partial charge is 0.337 e. The highest BCUT2D eigenvalue weighted by atomic mass is 16.5. The molecule has 120 valence electrons. The molecule has 2 aromatic carbocycles. The van der Waals surface area contributed by atoms with E-state index in [9.17, 15) is 9.59 Å². The molecule has 2 rings (SSSR count). The maximum absolute atomic E-state index is 11.9. The Hall–Kier alpha value is -2.82. The number of methoxy groups -OCH3 is 1. The van der Waals surface area contributed by atoms with Gasteiger partial charge in [-0.2, -0.15) is 0 Å². The first-order chi connectivity index (χ1) is 11.1. The number of nitrogens with one attached hydrogen (secondary N) is 1. The summed E-state index contributed by atoms with van der Waals surface area (Å²) < 4.78 is 10.1. The Labute approximate surface area is 135 Å². The van der Waals surface area contributed by atoms with E-state index in [1.807, 2.05) is 24.3 Å². The van der Waals surface area contributed by atoms with E-state index in [4.69, 9.17) is 4.74 Å². The third-order valence-corrected chi connectivity index (χ3v) is 3.24. The van der Waals surface area contributed by atoms with E-state index in [0.29, 0.717) is 17.0 Å². The Bertz CT molecular complexity index is 697. The van der Waals surface area contributed by atoms with Crippen molar-refractivity contribution in [1.82, 2.24) is 0 Å². The second-order valence-electron chi connectivity index (χ2n) is 4.91. The van der Waals surface area contributed by atoms with E-state index in [-0.39, 0.29) is 12.5 Å². The number of carbonyl (C=O) groups is 2. The van der Waals surface area contributed by atoms with Crippen LogP contribution in [0.25, 0.3) is 0 Å². The van der Waals surface area contributed by atoms with Crippen molar-refractivity contribution in [2.24, 2.45) is 0 Å². The summed E-state index contributed by atoms with van der Waals surface area (Å²) in [5.74, 6) is -0.0922. The fourth-order valence-electron chi connectivity index (χ4n) is 2.04. The van der Waals surface area contributed by atoms with Crippen LogP contribution >= 0.6 is 0 Å². The summed E-state index contributed by atoms with van der Waals surface area (Å²) in [7, 11) is 1.31. The zero-order valence-corrected chi connectivity index (χ0v) is 13.2. The molecule has 0 heterocycles. The standard InChI is InChI=1S/C18H19NO4/c1-3-13-6-4-9-16(10-13)23-12-17(20)19-15-8-5-7-14(11-15)18(21)22-2/h4-11H,3,12H2,1-2H3,(H,19,20). The van der Waals surface area contributed by atoms with Gasteiger partial charge in [0.05, 0.1) is 12.7 Å². The zero-order chi connectivity index (χ0) is 16.7. The van der Waals surface area contributed by atoms with Gasteiger partial charge in [0.25, 0.3) is 5.91 Å². The van der Waals surface area contributed by atoms with Crippen molar-refractivity contribution in [3.05, 3.63) is 59.7 Å². The van der Waals surface area contributed by atoms with Crippen LogP contribution in [0.1, 0.15) is 22.8 Å². The van der Waals surface area contributed by atoms with Crippen molar-refractivity contribution < 1.29 is 19.1 Å². The largest absolute Gasteiger partial charge is 0.484 e. The van der Waals surface area contributed by atoms with Crippen molar-refractivity contribution in [3.8, 4) is 5.75 Å². The summed E-state index contributed by atoms with van der Waals surface area (Å²) >= 11 is 0. The van der Waals surface area contributed by atoms with Crippen molar-refractivity contribution in [1.29, 1.82) is 0 Å². The molecule has 0 unspecified atom stereocenters. The zero-order valence-electron chi connectivity index (χ0n) is 13.2. The fraction of sp³-hybridized carbons (Fsp3) is 0.222. The predicted molar refractivity (Wildman–Crippen MR) is 87.7 cm³/mol. The van der Waals surface area contributed by atoms with Gasteiger partial charge in [0, 0.05) is 5.69 Å². The van der Waals surface area contributed by atoms with Gasteiger partial charge in [0.15, 0.2) is 6.61 Å². The van der Waals surface area contributed by atoms with Gasteiger partial charge in [0.1, 0.15) is 5.75 Å². The minimum Gasteiger partial charge on any atom is -0.484 e. The average molecular weight is 313 g/mol. The minimum absolute atomic E-state index is 0.102. The molecule has 0 saturated carbocycles. The van der Waals surface area contributed by atoms with Crippen LogP contribution in [0, 0.1) is 0 Å². The van der Waals surface area contributed by atoms with Gasteiger partial charge >= 0.3 is 5.97 Å². The highest BCUT2D eigenvalue weighted by Crippen LogP contribution is 2.14. The summed E-state index contributed by atoms with van der Waals surface area (Å²) in [5.41, 5.74) is 2.04. The average Bonchev–Trinajstić information content (AvgIpc) is 2.59. The van der Waals surface area contributed by atoms with Gasteiger partial charge in [-0.3, -0.25) is 4.79 Å². The molecule has 5 nitrogen and oxygen atoms in total. The number of aryl methyl sites for hydroxylation is 1. The minimum atomic E-state index is -0.450. The fourth-order valence-corrected chi connectivity index (χ4v) is 2.04. The quantitative estimate of drug-likeness (QED) is 0.833. The Kier molecular flexibility index (Phi) is 5.74. The lowest BCUT2D eigenvalue weighted by Gasteiger charge is -2.09. The summed E-state index contributed by atoms with van der Waals surface area (Å²) in [6.45, 7) is 1.95. The third kappa shape index (κ3) is 4.85. The predicted octanol–water partition coefficient (Wildman–Crippen LogP) is 3.05. The van der Waals surface area contributed by atoms with Crippen LogP contribution in [0.15, 0.2) is 48.5 Å². The Morgan fingerprint density at radius 1 is 1.09 bits per heavy atom. The van der Waals surface area contributed by atoms with E-state index >= 15 is 0 Å². The Balaban J connectivity index is 1.93. The molecule has 0 saturated heterocycles. The lowest BCUT2D eigenvalue weighted by molar-refractivity contribution is -0.118. The Morgan fingerprint density at radius 3 is 2.61 bits per heavy atom. The van der Waals surface area contributed by atoms with E-state index in [1.165, 1.54) is 7.11 Å². The molecule has 0 spiro atoms. The number of esters is 1. The number of benzene rings is 2. The molecule has 0 aliphatic heterocycles. The van der Waals surface area contributed by atoms with Crippen LogP contribution in [0.3, 0.4) is 0 Å². The maximum Gasteiger partial charge on any atom is 0.337 e. The molecule has 0 aliphatic rings. The summed E-state index contributed by atoms with van der Waals surface area (Å²) in [6.07, 6.45) is 0.906. The molecule has 1 amide bonds. The number of hydrogen-bond acceptors (Lipinski definition) is 4. The second-order valence-corrected chi connectivity index (χ2v) is 4.91. The van der Waals surface area contributed by atoms with Crippen LogP contribution < -0.4 is 10.1 Å². The molecule has 0 aliphatic carbocycles. The van der Waals surface area contributed by atoms with Crippen molar-refractivity contribution in [2.75, 3.05) is 19.0 Å². The van der Waals surface area contributed by atoms with E-state index < -0.39 is 5.97 Å². The van der Waals surface area contributed by atoms with Gasteiger partial charge in [0.2, 0.25) is 0 Å². The first kappa shape index (κ1) is 16.5. The lowest BCUT2D eigenvalue weighted by atomic mass is 10.2. The normalized spacial score (nSPS) is 10.0. The number of ether oxygens (including phenoxy) is 2. The number of carbonyl (C=O) groups excluding carboxylic acids is 2. The molecule has 0 bridgehead atoms. The molecule has 0 atom stereocenters. The van der Waals surface area contributed by atoms with Gasteiger partial charge < -0.3 is 14.8 Å². The number of anilines is 1. The number of rotatable bonds is 6. The molecular weight excluding hydrogens is 294 g/mol. The van der Waals surface area contributed by atoms with Crippen molar-refractivity contribution in [3.63, 3.8) is 0 Å². The topological polar surface area (TPSA) is 64.6 Å². The first-order valence-electron chi connectivity index (χ1n) is 7.32. The molecule has 0 radical (unpaired) electrons. The molecule has 0 fully saturated rings. The van der Waals surface area contributed by atoms with Crippen molar-refractivity contribution >= 4 is 17.6 Å². The van der Waals surface area contributed by atoms with Gasteiger partial charge in [-0.15, -0.1) is 0 Å². The summed E-state index contributed by atoms with van der Waals surface area (Å²) in [5, 5.41) is 2.69. The highest BCUT2D eigenvalue weighted by molar-refractivity contribution is 5.95. The van der Waals surface area contributed by atoms with Gasteiger partial charge in [-0.05, 0) is 42.3 Å². The van der Waals surface area contributed by atoms with Gasteiger partial charge in [-0.1, -0.05) is 25.1 Å². The third-order valence-electron chi connectivity index (χ3n) is 3.24. The van der Waals surface area contributed by atoms with Crippen LogP contribution in [0.4, 0.5) is 5.69 Å². The number of hydrogen-bond donors (Lipinski definition) is 1. The van der Waals surface area contributed by atoms with Crippen LogP contribution in [-0.2, 0) is 16.0 Å². The van der Waals surface area contributed by atoms with Gasteiger partial charge in [-0.25, -0.2) is 4.79 Å². The number of amides is 1. The molecule has 2 aromatic rings. The molecule has 5 heteroatoms. The molecule has 0 aromatic heterocycles. The maximum atomic E-state index is 11.9. The SMILES string of the molecule is CCc1cccc(OCC(=O)Nc2cccc(C(=O)OC)c2)c1. The molecule has 23 heavy (non-hydrogen) atoms. The summed E-state index contributed by atoms with van der Waals surface area (Å²) in [6, 6.07) is 14.2. The van der Waals surface area contributed by atoms with Crippen molar-refractivity contribution in [2.45, 2.75) is 13.3 Å². The van der Waals surface area contributed by atoms with E-state index in [1.54, 1.807) is 24.3 Å². The van der Waals surface area contributed by atoms with E-state index in [2.05, 4.69) is 17.0 Å². The Morgan fingerprint density at radius 2 is 1.87 bits per heavy atom. The van der Waals surface area contributed by atoms with Crippen LogP contribution in [0.5, 0.6) is 5.75 Å². The lowest BCUT2D eigenvalue weighted by Crippen LogP contribution is -2.20. The van der Waals surface area contributed by atoms with Crippen LogP contribution in [-0.4, -0.2) is 25.6 Å². The first-order valence-corrected chi connectivity index (χ1v) is 7.32. The highest BCUT2D eigenvalue weighted by Gasteiger charge is 2.08. The van der Waals surface area contributed by atoms with Crippen LogP contribution in [0.2, 0.25) is 0 Å². The summed E-state index contributed by atoms with van der Waals surface area (Å²) in [4.78, 5) is 23.4. The molecular formula is C18H19NO4. The monoisotopic (exact) mass is 313 g/mol.